The van der Waals surface area contributed by atoms with Gasteiger partial charge < -0.3 is 14.8 Å². The molecule has 0 aliphatic carbocycles. The second-order valence-corrected chi connectivity index (χ2v) is 7.22. The van der Waals surface area contributed by atoms with Crippen molar-refractivity contribution in [3.8, 4) is 0 Å². The van der Waals surface area contributed by atoms with Gasteiger partial charge in [-0.25, -0.2) is 9.59 Å². The van der Waals surface area contributed by atoms with Crippen LogP contribution in [0.5, 0.6) is 0 Å². The van der Waals surface area contributed by atoms with Gasteiger partial charge in [0.25, 0.3) is 5.91 Å². The monoisotopic (exact) mass is 336 g/mol. The smallest absolute Gasteiger partial charge is 0.340 e. The number of pyridine rings is 1. The molecule has 132 valence electrons. The summed E-state index contributed by atoms with van der Waals surface area (Å²) < 4.78 is 10.4. The van der Waals surface area contributed by atoms with E-state index in [-0.39, 0.29) is 5.56 Å². The fourth-order valence-corrected chi connectivity index (χ4v) is 1.65. The normalized spacial score (nSPS) is 11.8. The SMILES string of the molecule is CC(C)(C)OC(=O)C(NC(=O)c1cccnc1)C(=O)OC(C)(C)C. The van der Waals surface area contributed by atoms with Crippen molar-refractivity contribution in [3.05, 3.63) is 30.1 Å². The van der Waals surface area contributed by atoms with E-state index >= 15 is 0 Å². The Bertz CT molecular complexity index is 572. The Morgan fingerprint density at radius 3 is 1.88 bits per heavy atom. The quantitative estimate of drug-likeness (QED) is 0.666. The van der Waals surface area contributed by atoms with E-state index in [0.717, 1.165) is 0 Å². The molecule has 1 aromatic heterocycles. The maximum atomic E-state index is 12.3. The summed E-state index contributed by atoms with van der Waals surface area (Å²) >= 11 is 0. The van der Waals surface area contributed by atoms with Gasteiger partial charge in [0.2, 0.25) is 6.04 Å². The number of aromatic nitrogens is 1. The van der Waals surface area contributed by atoms with Gasteiger partial charge >= 0.3 is 11.9 Å². The largest absolute Gasteiger partial charge is 0.458 e. The summed E-state index contributed by atoms with van der Waals surface area (Å²) in [5.41, 5.74) is -1.40. The first-order chi connectivity index (χ1) is 10.9. The molecule has 0 radical (unpaired) electrons. The Morgan fingerprint density at radius 1 is 1.00 bits per heavy atom. The van der Waals surface area contributed by atoms with Gasteiger partial charge in [-0.15, -0.1) is 0 Å². The highest BCUT2D eigenvalue weighted by Gasteiger charge is 2.36. The van der Waals surface area contributed by atoms with Gasteiger partial charge in [-0.05, 0) is 53.7 Å². The molecule has 1 aromatic rings. The maximum Gasteiger partial charge on any atom is 0.340 e. The van der Waals surface area contributed by atoms with Crippen LogP contribution in [0.2, 0.25) is 0 Å². The highest BCUT2D eigenvalue weighted by molar-refractivity contribution is 6.05. The summed E-state index contributed by atoms with van der Waals surface area (Å²) in [6.45, 7) is 10.00. The molecule has 0 atom stereocenters. The molecule has 0 fully saturated rings. The third-order valence-corrected chi connectivity index (χ3v) is 2.48. The van der Waals surface area contributed by atoms with Crippen LogP contribution in [0, 0.1) is 0 Å². The molecule has 0 saturated carbocycles. The molecule has 0 bridgehead atoms. The summed E-state index contributed by atoms with van der Waals surface area (Å²) in [7, 11) is 0. The number of ether oxygens (including phenoxy) is 2. The molecule has 0 spiro atoms. The first-order valence-corrected chi connectivity index (χ1v) is 7.56. The third-order valence-electron chi connectivity index (χ3n) is 2.48. The predicted octanol–water partition coefficient (Wildman–Crippen LogP) is 1.86. The first-order valence-electron chi connectivity index (χ1n) is 7.56. The predicted molar refractivity (Wildman–Crippen MR) is 87.2 cm³/mol. The van der Waals surface area contributed by atoms with Crippen LogP contribution >= 0.6 is 0 Å². The number of rotatable bonds is 4. The van der Waals surface area contributed by atoms with Gasteiger partial charge in [0.1, 0.15) is 11.2 Å². The summed E-state index contributed by atoms with van der Waals surface area (Å²) in [5, 5.41) is 2.35. The molecule has 0 saturated heterocycles. The van der Waals surface area contributed by atoms with Crippen LogP contribution in [0.1, 0.15) is 51.9 Å². The second kappa shape index (κ2) is 7.42. The van der Waals surface area contributed by atoms with E-state index in [0.29, 0.717) is 0 Å². The Morgan fingerprint density at radius 2 is 1.50 bits per heavy atom. The molecule has 0 aliphatic rings. The van der Waals surface area contributed by atoms with Crippen molar-refractivity contribution in [2.24, 2.45) is 0 Å². The van der Waals surface area contributed by atoms with Gasteiger partial charge in [0.15, 0.2) is 0 Å². The summed E-state index contributed by atoms with van der Waals surface area (Å²) in [6.07, 6.45) is 2.84. The zero-order chi connectivity index (χ0) is 18.5. The van der Waals surface area contributed by atoms with Crippen molar-refractivity contribution in [3.63, 3.8) is 0 Å². The minimum atomic E-state index is -1.56. The molecule has 7 heteroatoms. The molecule has 0 unspecified atom stereocenters. The summed E-state index contributed by atoms with van der Waals surface area (Å²) in [4.78, 5) is 40.7. The van der Waals surface area contributed by atoms with Crippen molar-refractivity contribution in [2.45, 2.75) is 58.8 Å². The summed E-state index contributed by atoms with van der Waals surface area (Å²) in [6, 6.07) is 1.53. The zero-order valence-corrected chi connectivity index (χ0v) is 14.9. The van der Waals surface area contributed by atoms with Crippen molar-refractivity contribution in [2.75, 3.05) is 0 Å². The van der Waals surface area contributed by atoms with Crippen LogP contribution < -0.4 is 5.32 Å². The van der Waals surface area contributed by atoms with Crippen molar-refractivity contribution in [1.29, 1.82) is 0 Å². The molecular weight excluding hydrogens is 312 g/mol. The number of hydrogen-bond acceptors (Lipinski definition) is 6. The number of hydrogen-bond donors (Lipinski definition) is 1. The van der Waals surface area contributed by atoms with Crippen LogP contribution in [0.4, 0.5) is 0 Å². The van der Waals surface area contributed by atoms with Crippen molar-refractivity contribution >= 4 is 17.8 Å². The maximum absolute atomic E-state index is 12.3. The van der Waals surface area contributed by atoms with Crippen LogP contribution in [0.15, 0.2) is 24.5 Å². The fourth-order valence-electron chi connectivity index (χ4n) is 1.65. The van der Waals surface area contributed by atoms with Crippen LogP contribution in [0.3, 0.4) is 0 Å². The standard InChI is InChI=1S/C17H24N2O5/c1-16(2,3)23-14(21)12(15(22)24-17(4,5)6)19-13(20)11-8-7-9-18-10-11/h7-10,12H,1-6H3,(H,19,20). The van der Waals surface area contributed by atoms with Crippen LogP contribution in [-0.4, -0.2) is 40.1 Å². The Labute approximate surface area is 141 Å². The van der Waals surface area contributed by atoms with Gasteiger partial charge in [-0.2, -0.15) is 0 Å². The highest BCUT2D eigenvalue weighted by atomic mass is 16.6. The summed E-state index contributed by atoms with van der Waals surface area (Å²) in [5.74, 6) is -2.38. The fraction of sp³-hybridized carbons (Fsp3) is 0.529. The Balaban J connectivity index is 2.98. The van der Waals surface area contributed by atoms with E-state index in [1.54, 1.807) is 47.6 Å². The number of amides is 1. The molecule has 7 nitrogen and oxygen atoms in total. The average Bonchev–Trinajstić information content (AvgIpc) is 2.41. The number of esters is 2. The van der Waals surface area contributed by atoms with Gasteiger partial charge in [-0.1, -0.05) is 0 Å². The lowest BCUT2D eigenvalue weighted by Crippen LogP contribution is -2.51. The molecule has 1 N–H and O–H groups in total. The topological polar surface area (TPSA) is 94.6 Å². The highest BCUT2D eigenvalue weighted by Crippen LogP contribution is 2.13. The van der Waals surface area contributed by atoms with Gasteiger partial charge in [-0.3, -0.25) is 9.78 Å². The van der Waals surface area contributed by atoms with Gasteiger partial charge in [0.05, 0.1) is 5.56 Å². The molecular formula is C17H24N2O5. The van der Waals surface area contributed by atoms with E-state index in [4.69, 9.17) is 9.47 Å². The van der Waals surface area contributed by atoms with E-state index in [2.05, 4.69) is 10.3 Å². The first kappa shape index (κ1) is 19.6. The molecule has 1 heterocycles. The Kier molecular flexibility index (Phi) is 6.06. The molecule has 1 amide bonds. The van der Waals surface area contributed by atoms with E-state index in [1.165, 1.54) is 18.5 Å². The van der Waals surface area contributed by atoms with E-state index < -0.39 is 35.1 Å². The second-order valence-electron chi connectivity index (χ2n) is 7.22. The average molecular weight is 336 g/mol. The van der Waals surface area contributed by atoms with E-state index in [9.17, 15) is 14.4 Å². The van der Waals surface area contributed by atoms with Crippen molar-refractivity contribution < 1.29 is 23.9 Å². The lowest BCUT2D eigenvalue weighted by atomic mass is 10.1. The number of carbonyl (C=O) groups is 3. The molecule has 0 aliphatic heterocycles. The lowest BCUT2D eigenvalue weighted by molar-refractivity contribution is -0.170. The minimum Gasteiger partial charge on any atom is -0.458 e. The van der Waals surface area contributed by atoms with Crippen LogP contribution in [-0.2, 0) is 19.1 Å². The minimum absolute atomic E-state index is 0.217. The molecule has 1 rings (SSSR count). The molecule has 0 aromatic carbocycles. The van der Waals surface area contributed by atoms with Crippen LogP contribution in [0.25, 0.3) is 0 Å². The number of carbonyl (C=O) groups excluding carboxylic acids is 3. The number of nitrogens with one attached hydrogen (secondary N) is 1. The molecule has 24 heavy (non-hydrogen) atoms. The van der Waals surface area contributed by atoms with E-state index in [1.807, 2.05) is 0 Å². The lowest BCUT2D eigenvalue weighted by Gasteiger charge is -2.26. The number of nitrogens with zero attached hydrogens (tertiary/aromatic N) is 1. The third kappa shape index (κ3) is 6.76. The van der Waals surface area contributed by atoms with Gasteiger partial charge in [0, 0.05) is 12.4 Å². The Hall–Kier alpha value is -2.44. The zero-order valence-electron chi connectivity index (χ0n) is 14.9. The van der Waals surface area contributed by atoms with Crippen molar-refractivity contribution in [1.82, 2.24) is 10.3 Å².